The minimum absolute atomic E-state index is 0.0504. The predicted octanol–water partition coefficient (Wildman–Crippen LogP) is 2.78. The molecule has 32 heavy (non-hydrogen) atoms. The van der Waals surface area contributed by atoms with Gasteiger partial charge in [-0.3, -0.25) is 4.79 Å². The Labute approximate surface area is 191 Å². The number of carbonyl (C=O) groups excluding carboxylic acids is 2. The van der Waals surface area contributed by atoms with Gasteiger partial charge in [-0.05, 0) is 46.8 Å². The third-order valence-corrected chi connectivity index (χ3v) is 5.52. The summed E-state index contributed by atoms with van der Waals surface area (Å²) in [5, 5.41) is 14.5. The molecule has 10 nitrogen and oxygen atoms in total. The molecule has 3 aromatic rings. The number of tetrazole rings is 1. The van der Waals surface area contributed by atoms with Crippen LogP contribution in [0.2, 0.25) is 0 Å². The van der Waals surface area contributed by atoms with Crippen LogP contribution in [0.3, 0.4) is 0 Å². The van der Waals surface area contributed by atoms with Crippen LogP contribution in [0.1, 0.15) is 22.0 Å². The molecule has 164 valence electrons. The summed E-state index contributed by atoms with van der Waals surface area (Å²) in [5.74, 6) is 0.0599. The molecule has 0 spiro atoms. The summed E-state index contributed by atoms with van der Waals surface area (Å²) in [7, 11) is 4.27. The number of rotatable bonds is 6. The van der Waals surface area contributed by atoms with Crippen molar-refractivity contribution in [1.29, 1.82) is 0 Å². The molecule has 2 heterocycles. The highest BCUT2D eigenvalue weighted by Gasteiger charge is 2.39. The summed E-state index contributed by atoms with van der Waals surface area (Å²) in [6.07, 6.45) is 0. The number of nitrogens with zero attached hydrogens (tertiary/aromatic N) is 4. The number of allylic oxidation sites excluding steroid dienone is 1. The van der Waals surface area contributed by atoms with E-state index in [2.05, 4.69) is 36.8 Å². The molecule has 0 bridgehead atoms. The van der Waals surface area contributed by atoms with E-state index in [4.69, 9.17) is 14.2 Å². The van der Waals surface area contributed by atoms with Crippen LogP contribution in [0.4, 0.5) is 5.95 Å². The predicted molar refractivity (Wildman–Crippen MR) is 117 cm³/mol. The monoisotopic (exact) mass is 499 g/mol. The summed E-state index contributed by atoms with van der Waals surface area (Å²) in [6.45, 7) is 0. The van der Waals surface area contributed by atoms with E-state index >= 15 is 0 Å². The lowest BCUT2D eigenvalue weighted by molar-refractivity contribution is -0.136. The number of methoxy groups -OCH3 is 3. The number of hydrogen-bond acceptors (Lipinski definition) is 9. The number of aromatic nitrogens is 4. The first-order valence-electron chi connectivity index (χ1n) is 9.38. The van der Waals surface area contributed by atoms with Crippen molar-refractivity contribution >= 4 is 33.6 Å². The lowest BCUT2D eigenvalue weighted by atomic mass is 9.89. The van der Waals surface area contributed by atoms with E-state index in [-0.39, 0.29) is 17.2 Å². The number of benzene rings is 2. The number of ether oxygens (including phenoxy) is 3. The van der Waals surface area contributed by atoms with E-state index in [1.807, 2.05) is 0 Å². The zero-order valence-electron chi connectivity index (χ0n) is 17.3. The highest BCUT2D eigenvalue weighted by molar-refractivity contribution is 9.10. The molecule has 1 aliphatic rings. The zero-order valence-corrected chi connectivity index (χ0v) is 18.9. The lowest BCUT2D eigenvalue weighted by Crippen LogP contribution is -2.33. The van der Waals surface area contributed by atoms with Crippen molar-refractivity contribution < 1.29 is 23.8 Å². The minimum Gasteiger partial charge on any atom is -0.497 e. The highest BCUT2D eigenvalue weighted by atomic mass is 79.9. The quantitative estimate of drug-likeness (QED) is 0.403. The van der Waals surface area contributed by atoms with Gasteiger partial charge in [-0.2, -0.15) is 4.68 Å². The number of nitrogens with one attached hydrogen (secondary N) is 1. The first-order valence-corrected chi connectivity index (χ1v) is 10.2. The summed E-state index contributed by atoms with van der Waals surface area (Å²) in [4.78, 5) is 26.4. The number of esters is 1. The van der Waals surface area contributed by atoms with Crippen molar-refractivity contribution in [3.05, 3.63) is 69.3 Å². The molecule has 1 aliphatic heterocycles. The normalized spacial score (nSPS) is 14.9. The van der Waals surface area contributed by atoms with Gasteiger partial charge >= 0.3 is 5.97 Å². The second-order valence-corrected chi connectivity index (χ2v) is 7.61. The van der Waals surface area contributed by atoms with Gasteiger partial charge in [0.2, 0.25) is 5.95 Å². The molecule has 0 fully saturated rings. The van der Waals surface area contributed by atoms with Crippen molar-refractivity contribution in [2.75, 3.05) is 26.6 Å². The van der Waals surface area contributed by atoms with E-state index < -0.39 is 17.8 Å². The molecule has 0 saturated heterocycles. The molecule has 0 aliphatic carbocycles. The molecule has 0 amide bonds. The van der Waals surface area contributed by atoms with Crippen LogP contribution in [0.15, 0.2) is 58.2 Å². The number of fused-ring (bicyclic) bond motifs is 1. The fourth-order valence-electron chi connectivity index (χ4n) is 3.48. The zero-order chi connectivity index (χ0) is 22.8. The fraction of sp³-hybridized carbons (Fsp3) is 0.190. The minimum atomic E-state index is -0.868. The molecule has 2 aromatic carbocycles. The summed E-state index contributed by atoms with van der Waals surface area (Å²) >= 11 is 3.37. The maximum atomic E-state index is 13.7. The summed E-state index contributed by atoms with van der Waals surface area (Å²) in [5.41, 5.74) is 0.999. The molecule has 1 aromatic heterocycles. The molecule has 0 radical (unpaired) electrons. The number of hydrogen-bond donors (Lipinski definition) is 1. The van der Waals surface area contributed by atoms with Crippen molar-refractivity contribution in [1.82, 2.24) is 20.2 Å². The van der Waals surface area contributed by atoms with E-state index in [9.17, 15) is 9.59 Å². The molecular weight excluding hydrogens is 482 g/mol. The molecule has 0 unspecified atom stereocenters. The fourth-order valence-corrected chi connectivity index (χ4v) is 3.74. The average Bonchev–Trinajstić information content (AvgIpc) is 3.30. The van der Waals surface area contributed by atoms with Crippen molar-refractivity contribution in [2.24, 2.45) is 0 Å². The Kier molecular flexibility index (Phi) is 5.91. The Balaban J connectivity index is 1.98. The number of Topliss-reactive ketones (excluding diaryl/α,β-unsaturated/α-hetero) is 1. The first kappa shape index (κ1) is 21.5. The molecule has 1 N–H and O–H groups in total. The van der Waals surface area contributed by atoms with Crippen LogP contribution in [0.5, 0.6) is 11.5 Å². The molecular formula is C21H18BrN5O5. The Morgan fingerprint density at radius 2 is 1.81 bits per heavy atom. The summed E-state index contributed by atoms with van der Waals surface area (Å²) in [6, 6.07) is 11.1. The van der Waals surface area contributed by atoms with Crippen LogP contribution in [0.25, 0.3) is 0 Å². The summed E-state index contributed by atoms with van der Waals surface area (Å²) < 4.78 is 18.0. The van der Waals surface area contributed by atoms with Crippen LogP contribution < -0.4 is 14.8 Å². The van der Waals surface area contributed by atoms with Crippen molar-refractivity contribution in [2.45, 2.75) is 6.04 Å². The smallest absolute Gasteiger partial charge is 0.355 e. The van der Waals surface area contributed by atoms with Gasteiger partial charge in [0.15, 0.2) is 5.78 Å². The lowest BCUT2D eigenvalue weighted by Gasteiger charge is -2.29. The molecule has 4 rings (SSSR count). The Morgan fingerprint density at radius 1 is 1.06 bits per heavy atom. The standard InChI is InChI=1S/C21H18BrN5O5/c1-30-13-8-9-14(15(10-13)31-2)18-16(19(28)11-4-6-12(22)7-5-11)17(20(29)32-3)23-21-24-25-26-27(18)21/h4-10,18H,1-3H3,(H,23,24,26)/t18-/m0/s1. The number of halogens is 1. The first-order chi connectivity index (χ1) is 15.5. The van der Waals surface area contributed by atoms with Gasteiger partial charge in [-0.15, -0.1) is 0 Å². The van der Waals surface area contributed by atoms with Gasteiger partial charge in [-0.1, -0.05) is 21.0 Å². The third-order valence-electron chi connectivity index (χ3n) is 4.99. The van der Waals surface area contributed by atoms with Gasteiger partial charge in [0, 0.05) is 21.7 Å². The van der Waals surface area contributed by atoms with Crippen LogP contribution in [-0.2, 0) is 9.53 Å². The topological polar surface area (TPSA) is 117 Å². The van der Waals surface area contributed by atoms with E-state index in [0.29, 0.717) is 22.6 Å². The second-order valence-electron chi connectivity index (χ2n) is 6.70. The molecule has 1 atom stereocenters. The third kappa shape index (κ3) is 3.71. The SMILES string of the molecule is COC(=O)C1=C(C(=O)c2ccc(Br)cc2)[C@H](c2ccc(OC)cc2OC)n2nnnc2N1. The van der Waals surface area contributed by atoms with Gasteiger partial charge in [-0.25, -0.2) is 4.79 Å². The molecule has 0 saturated carbocycles. The number of anilines is 1. The van der Waals surface area contributed by atoms with Crippen molar-refractivity contribution in [3.8, 4) is 11.5 Å². The average molecular weight is 500 g/mol. The second kappa shape index (κ2) is 8.79. The maximum Gasteiger partial charge on any atom is 0.355 e. The van der Waals surface area contributed by atoms with Gasteiger partial charge in [0.05, 0.1) is 26.9 Å². The van der Waals surface area contributed by atoms with E-state index in [1.165, 1.54) is 26.0 Å². The number of ketones is 1. The van der Waals surface area contributed by atoms with Gasteiger partial charge in [0.25, 0.3) is 0 Å². The Bertz CT molecular complexity index is 1220. The van der Waals surface area contributed by atoms with Crippen molar-refractivity contribution in [3.63, 3.8) is 0 Å². The maximum absolute atomic E-state index is 13.7. The Hall–Kier alpha value is -3.73. The van der Waals surface area contributed by atoms with Crippen LogP contribution in [0, 0.1) is 0 Å². The van der Waals surface area contributed by atoms with Gasteiger partial charge < -0.3 is 19.5 Å². The van der Waals surface area contributed by atoms with Crippen LogP contribution in [-0.4, -0.2) is 53.3 Å². The van der Waals surface area contributed by atoms with E-state index in [1.54, 1.807) is 42.5 Å². The Morgan fingerprint density at radius 3 is 2.47 bits per heavy atom. The highest BCUT2D eigenvalue weighted by Crippen LogP contribution is 2.41. The van der Waals surface area contributed by atoms with Gasteiger partial charge in [0.1, 0.15) is 23.2 Å². The van der Waals surface area contributed by atoms with Crippen LogP contribution >= 0.6 is 15.9 Å². The number of carbonyl (C=O) groups is 2. The molecule has 11 heteroatoms. The largest absolute Gasteiger partial charge is 0.497 e. The van der Waals surface area contributed by atoms with E-state index in [0.717, 1.165) is 4.47 Å².